The van der Waals surface area contributed by atoms with Crippen LogP contribution in [0.2, 0.25) is 0 Å². The van der Waals surface area contributed by atoms with Crippen molar-refractivity contribution in [3.8, 4) is 0 Å². The molecule has 6 nitrogen and oxygen atoms in total. The van der Waals surface area contributed by atoms with Crippen LogP contribution < -0.4 is 5.32 Å². The van der Waals surface area contributed by atoms with E-state index in [1.54, 1.807) is 0 Å². The summed E-state index contributed by atoms with van der Waals surface area (Å²) in [5.74, 6) is -0.500. The van der Waals surface area contributed by atoms with Gasteiger partial charge in [-0.25, -0.2) is 0 Å². The molecule has 0 aromatic heterocycles. The van der Waals surface area contributed by atoms with E-state index in [-0.39, 0.29) is 24.9 Å². The number of rotatable bonds is 48. The first kappa shape index (κ1) is 59.1. The average molecular weight is 858 g/mol. The molecule has 3 N–H and O–H groups in total. The number of aliphatic hydroxyl groups excluding tert-OH is 2. The van der Waals surface area contributed by atoms with Crippen LogP contribution >= 0.6 is 0 Å². The van der Waals surface area contributed by atoms with Crippen molar-refractivity contribution in [1.29, 1.82) is 0 Å². The van der Waals surface area contributed by atoms with Gasteiger partial charge in [0.25, 0.3) is 0 Å². The Bertz CT molecular complexity index is 1010. The molecule has 0 aromatic carbocycles. The van der Waals surface area contributed by atoms with Gasteiger partial charge in [-0.15, -0.1) is 0 Å². The molecule has 358 valence electrons. The Kier molecular flexibility index (Phi) is 47.6. The van der Waals surface area contributed by atoms with E-state index < -0.39 is 18.2 Å². The zero-order valence-electron chi connectivity index (χ0n) is 40.8. The summed E-state index contributed by atoms with van der Waals surface area (Å²) in [5, 5.41) is 23.8. The molecule has 3 atom stereocenters. The molecule has 61 heavy (non-hydrogen) atoms. The van der Waals surface area contributed by atoms with Crippen LogP contribution in [0.5, 0.6) is 0 Å². The van der Waals surface area contributed by atoms with E-state index in [2.05, 4.69) is 62.5 Å². The largest absolute Gasteiger partial charge is 0.462 e. The minimum absolute atomic E-state index is 0.0554. The number of hydrogen-bond donors (Lipinski definition) is 3. The summed E-state index contributed by atoms with van der Waals surface area (Å²) in [6, 6.07) is -0.710. The lowest BCUT2D eigenvalue weighted by atomic mass is 10.0. The number of hydrogen-bond acceptors (Lipinski definition) is 5. The van der Waals surface area contributed by atoms with Gasteiger partial charge in [0.05, 0.1) is 25.2 Å². The van der Waals surface area contributed by atoms with Gasteiger partial charge < -0.3 is 20.3 Å². The number of carbonyl (C=O) groups excluding carboxylic acids is 2. The quantitative estimate of drug-likeness (QED) is 0.0322. The normalized spacial score (nSPS) is 13.5. The summed E-state index contributed by atoms with van der Waals surface area (Å²) in [4.78, 5) is 26.1. The molecule has 0 fully saturated rings. The molecule has 0 aromatic rings. The van der Waals surface area contributed by atoms with Crippen molar-refractivity contribution in [1.82, 2.24) is 5.32 Å². The molecule has 0 aliphatic rings. The van der Waals surface area contributed by atoms with Crippen LogP contribution in [-0.2, 0) is 14.3 Å². The number of carbonyl (C=O) groups is 2. The average Bonchev–Trinajstić information content (AvgIpc) is 3.25. The lowest BCUT2D eigenvalue weighted by Crippen LogP contribution is -2.46. The Labute approximate surface area is 379 Å². The molecule has 3 unspecified atom stereocenters. The van der Waals surface area contributed by atoms with Crippen molar-refractivity contribution in [2.24, 2.45) is 0 Å². The maximum absolute atomic E-state index is 13.2. The zero-order chi connectivity index (χ0) is 44.5. The number of allylic oxidation sites excluding steroid dienone is 6. The molecular formula is C55H103NO5. The van der Waals surface area contributed by atoms with Crippen LogP contribution in [0.4, 0.5) is 0 Å². The van der Waals surface area contributed by atoms with E-state index in [9.17, 15) is 19.8 Å². The summed E-state index contributed by atoms with van der Waals surface area (Å²) < 4.78 is 5.92. The monoisotopic (exact) mass is 858 g/mol. The number of nitrogens with one attached hydrogen (secondary N) is 1. The fourth-order valence-corrected chi connectivity index (χ4v) is 8.21. The van der Waals surface area contributed by atoms with E-state index in [4.69, 9.17) is 4.74 Å². The minimum Gasteiger partial charge on any atom is -0.462 e. The predicted molar refractivity (Wildman–Crippen MR) is 264 cm³/mol. The highest BCUT2D eigenvalue weighted by molar-refractivity contribution is 5.77. The van der Waals surface area contributed by atoms with Gasteiger partial charge in [-0.05, 0) is 57.8 Å². The molecule has 0 aliphatic carbocycles. The van der Waals surface area contributed by atoms with Gasteiger partial charge in [-0.1, -0.05) is 243 Å². The molecule has 0 bridgehead atoms. The number of esters is 1. The Morgan fingerprint density at radius 3 is 1.33 bits per heavy atom. The number of unbranched alkanes of at least 4 members (excludes halogenated alkanes) is 30. The van der Waals surface area contributed by atoms with Crippen molar-refractivity contribution >= 4 is 11.9 Å². The molecule has 6 heteroatoms. The Morgan fingerprint density at radius 2 is 0.885 bits per heavy atom. The summed E-state index contributed by atoms with van der Waals surface area (Å²) in [6.45, 7) is 6.38. The van der Waals surface area contributed by atoms with Gasteiger partial charge in [-0.3, -0.25) is 9.59 Å². The zero-order valence-corrected chi connectivity index (χ0v) is 40.8. The van der Waals surface area contributed by atoms with E-state index in [0.717, 1.165) is 77.0 Å². The third-order valence-corrected chi connectivity index (χ3v) is 12.2. The van der Waals surface area contributed by atoms with E-state index in [0.29, 0.717) is 19.3 Å². The maximum Gasteiger partial charge on any atom is 0.306 e. The number of ether oxygens (including phenoxy) is 1. The molecule has 0 spiro atoms. The third kappa shape index (κ3) is 44.5. The molecule has 0 heterocycles. The standard InChI is InChI=1S/C55H103NO5/c1-4-7-10-13-16-19-22-25-27-28-30-33-36-39-42-45-48-55(60)61-51(46-43-40-37-34-31-24-21-18-15-12-9-6-3)49-54(59)56-52(50-57)53(58)47-44-41-38-35-32-29-26-23-20-17-14-11-8-5-2/h9,12,18,21,31,34,51-53,57-58H,4-8,10-11,13-17,19-20,22-30,32-33,35-50H2,1-3H3,(H,56,59)/b12-9+,21-18+,34-31+. The van der Waals surface area contributed by atoms with E-state index >= 15 is 0 Å². The summed E-state index contributed by atoms with van der Waals surface area (Å²) in [7, 11) is 0. The Balaban J connectivity index is 4.53. The minimum atomic E-state index is -0.795. The highest BCUT2D eigenvalue weighted by Gasteiger charge is 2.24. The second-order valence-corrected chi connectivity index (χ2v) is 18.3. The topological polar surface area (TPSA) is 95.9 Å². The maximum atomic E-state index is 13.2. The van der Waals surface area contributed by atoms with Crippen molar-refractivity contribution < 1.29 is 24.5 Å². The highest BCUT2D eigenvalue weighted by atomic mass is 16.5. The molecule has 0 radical (unpaired) electrons. The van der Waals surface area contributed by atoms with Crippen molar-refractivity contribution in [3.05, 3.63) is 36.5 Å². The van der Waals surface area contributed by atoms with Crippen LogP contribution in [-0.4, -0.2) is 46.9 Å². The summed E-state index contributed by atoms with van der Waals surface area (Å²) >= 11 is 0. The van der Waals surface area contributed by atoms with E-state index in [1.165, 1.54) is 154 Å². The summed E-state index contributed by atoms with van der Waals surface area (Å²) in [6.07, 6.45) is 57.8. The smallest absolute Gasteiger partial charge is 0.306 e. The molecule has 1 amide bonds. The van der Waals surface area contributed by atoms with Gasteiger partial charge in [0.1, 0.15) is 6.10 Å². The van der Waals surface area contributed by atoms with Crippen molar-refractivity contribution in [2.75, 3.05) is 6.61 Å². The van der Waals surface area contributed by atoms with E-state index in [1.807, 2.05) is 0 Å². The van der Waals surface area contributed by atoms with Crippen LogP contribution in [0.1, 0.15) is 278 Å². The molecule has 0 aliphatic heterocycles. The molecule has 0 rings (SSSR count). The SMILES string of the molecule is CC/C=C/C/C=C/C/C=C/CCCCC(CC(=O)NC(CO)C(O)CCCCCCCCCCCCCCCC)OC(=O)CCCCCCCCCCCCCCCCCC. The van der Waals surface area contributed by atoms with Crippen molar-refractivity contribution in [3.63, 3.8) is 0 Å². The molecular weight excluding hydrogens is 755 g/mol. The first-order valence-corrected chi connectivity index (χ1v) is 26.7. The van der Waals surface area contributed by atoms with Gasteiger partial charge in [-0.2, -0.15) is 0 Å². The Morgan fingerprint density at radius 1 is 0.492 bits per heavy atom. The van der Waals surface area contributed by atoms with Gasteiger partial charge in [0.2, 0.25) is 5.91 Å². The molecule has 0 saturated carbocycles. The van der Waals surface area contributed by atoms with Gasteiger partial charge in [0.15, 0.2) is 0 Å². The van der Waals surface area contributed by atoms with Crippen LogP contribution in [0.15, 0.2) is 36.5 Å². The van der Waals surface area contributed by atoms with Gasteiger partial charge >= 0.3 is 5.97 Å². The Hall–Kier alpha value is -1.92. The predicted octanol–water partition coefficient (Wildman–Crippen LogP) is 16.1. The lowest BCUT2D eigenvalue weighted by Gasteiger charge is -2.24. The lowest BCUT2D eigenvalue weighted by molar-refractivity contribution is -0.151. The van der Waals surface area contributed by atoms with Gasteiger partial charge in [0, 0.05) is 6.42 Å². The fraction of sp³-hybridized carbons (Fsp3) is 0.855. The first-order valence-electron chi connectivity index (χ1n) is 26.7. The third-order valence-electron chi connectivity index (χ3n) is 12.2. The summed E-state index contributed by atoms with van der Waals surface area (Å²) in [5.41, 5.74) is 0. The fourth-order valence-electron chi connectivity index (χ4n) is 8.21. The van der Waals surface area contributed by atoms with Crippen LogP contribution in [0, 0.1) is 0 Å². The first-order chi connectivity index (χ1) is 30.0. The van der Waals surface area contributed by atoms with Crippen LogP contribution in [0.3, 0.4) is 0 Å². The number of aliphatic hydroxyl groups is 2. The second-order valence-electron chi connectivity index (χ2n) is 18.3. The van der Waals surface area contributed by atoms with Crippen LogP contribution in [0.25, 0.3) is 0 Å². The van der Waals surface area contributed by atoms with Crippen molar-refractivity contribution in [2.45, 2.75) is 296 Å². The molecule has 0 saturated heterocycles. The second kappa shape index (κ2) is 49.1. The number of amides is 1. The highest BCUT2D eigenvalue weighted by Crippen LogP contribution is 2.18.